The lowest BCUT2D eigenvalue weighted by Gasteiger charge is -2.26. The van der Waals surface area contributed by atoms with E-state index in [4.69, 9.17) is 9.84 Å². The maximum absolute atomic E-state index is 12.8. The van der Waals surface area contributed by atoms with Crippen LogP contribution in [0, 0.1) is 0 Å². The molecule has 170 valence electrons. The molecular weight excluding hydrogens is 408 g/mol. The zero-order valence-corrected chi connectivity index (χ0v) is 18.5. The normalized spacial score (nSPS) is 13.1. The van der Waals surface area contributed by atoms with Crippen LogP contribution in [0.2, 0.25) is 0 Å². The van der Waals surface area contributed by atoms with E-state index < -0.39 is 18.1 Å². The van der Waals surface area contributed by atoms with E-state index in [9.17, 15) is 14.4 Å². The van der Waals surface area contributed by atoms with Gasteiger partial charge in [0.25, 0.3) is 0 Å². The number of carbonyl (C=O) groups is 3. The number of carboxylic acid groups (broad SMARTS) is 1. The molecule has 0 saturated heterocycles. The minimum absolute atomic E-state index is 0.000376. The van der Waals surface area contributed by atoms with Gasteiger partial charge in [0.15, 0.2) is 0 Å². The van der Waals surface area contributed by atoms with E-state index in [1.807, 2.05) is 38.1 Å². The Bertz CT molecular complexity index is 929. The van der Waals surface area contributed by atoms with Gasteiger partial charge in [-0.1, -0.05) is 55.5 Å². The van der Waals surface area contributed by atoms with Gasteiger partial charge in [0.1, 0.15) is 12.6 Å². The third-order valence-electron chi connectivity index (χ3n) is 5.85. The van der Waals surface area contributed by atoms with Gasteiger partial charge in [0.05, 0.1) is 0 Å². The van der Waals surface area contributed by atoms with Crippen LogP contribution >= 0.6 is 0 Å². The second kappa shape index (κ2) is 10.8. The Balaban J connectivity index is 1.60. The lowest BCUT2D eigenvalue weighted by molar-refractivity contribution is -0.138. The van der Waals surface area contributed by atoms with Crippen molar-refractivity contribution >= 4 is 18.0 Å². The van der Waals surface area contributed by atoms with Crippen LogP contribution in [0.4, 0.5) is 4.79 Å². The van der Waals surface area contributed by atoms with Crippen molar-refractivity contribution in [3.63, 3.8) is 0 Å². The first-order valence-electron chi connectivity index (χ1n) is 11.1. The minimum Gasteiger partial charge on any atom is -0.481 e. The van der Waals surface area contributed by atoms with Crippen LogP contribution in [-0.2, 0) is 14.3 Å². The van der Waals surface area contributed by atoms with Crippen LogP contribution in [0.5, 0.6) is 0 Å². The van der Waals surface area contributed by atoms with E-state index in [0.29, 0.717) is 25.9 Å². The smallest absolute Gasteiger partial charge is 0.407 e. The largest absolute Gasteiger partial charge is 0.481 e. The van der Waals surface area contributed by atoms with Crippen molar-refractivity contribution in [2.45, 2.75) is 45.1 Å². The number of fused-ring (bicyclic) bond motifs is 3. The van der Waals surface area contributed by atoms with Crippen LogP contribution < -0.4 is 5.32 Å². The lowest BCUT2D eigenvalue weighted by Crippen LogP contribution is -2.48. The summed E-state index contributed by atoms with van der Waals surface area (Å²) in [6, 6.07) is 15.5. The summed E-state index contributed by atoms with van der Waals surface area (Å²) in [6.07, 6.45) is 0.156. The lowest BCUT2D eigenvalue weighted by atomic mass is 9.98. The highest BCUT2D eigenvalue weighted by Gasteiger charge is 2.30. The molecule has 0 saturated carbocycles. The number of aliphatic carboxylic acids is 1. The summed E-state index contributed by atoms with van der Waals surface area (Å²) in [6.45, 7) is 4.61. The van der Waals surface area contributed by atoms with Crippen molar-refractivity contribution in [1.29, 1.82) is 0 Å². The van der Waals surface area contributed by atoms with E-state index in [0.717, 1.165) is 22.3 Å². The number of likely N-dealkylation sites (N-methyl/N-ethyl adjacent to an activating group) is 1. The Morgan fingerprint density at radius 1 is 1.03 bits per heavy atom. The fourth-order valence-electron chi connectivity index (χ4n) is 4.19. The molecule has 0 radical (unpaired) electrons. The molecular formula is C25H30N2O5. The molecule has 0 heterocycles. The number of benzene rings is 2. The minimum atomic E-state index is -0.891. The topological polar surface area (TPSA) is 95.9 Å². The molecule has 0 spiro atoms. The van der Waals surface area contributed by atoms with Crippen molar-refractivity contribution in [3.8, 4) is 11.1 Å². The van der Waals surface area contributed by atoms with Crippen LogP contribution in [0.1, 0.15) is 50.2 Å². The molecule has 7 nitrogen and oxygen atoms in total. The van der Waals surface area contributed by atoms with Crippen molar-refractivity contribution in [3.05, 3.63) is 59.7 Å². The molecule has 0 aliphatic heterocycles. The number of carbonyl (C=O) groups excluding carboxylic acids is 2. The first-order valence-corrected chi connectivity index (χ1v) is 11.1. The number of nitrogens with one attached hydrogen (secondary N) is 1. The van der Waals surface area contributed by atoms with Gasteiger partial charge >= 0.3 is 12.1 Å². The average Bonchev–Trinajstić information content (AvgIpc) is 3.12. The molecule has 2 N–H and O–H groups in total. The first-order chi connectivity index (χ1) is 15.5. The molecule has 2 amide bonds. The molecule has 7 heteroatoms. The summed E-state index contributed by atoms with van der Waals surface area (Å²) in [7, 11) is 0. The van der Waals surface area contributed by atoms with Crippen molar-refractivity contribution in [2.75, 3.05) is 19.7 Å². The van der Waals surface area contributed by atoms with E-state index in [1.54, 1.807) is 4.90 Å². The summed E-state index contributed by atoms with van der Waals surface area (Å²) in [4.78, 5) is 37.6. The summed E-state index contributed by atoms with van der Waals surface area (Å²) in [5.41, 5.74) is 4.55. The van der Waals surface area contributed by atoms with Crippen LogP contribution in [0.25, 0.3) is 11.1 Å². The molecule has 32 heavy (non-hydrogen) atoms. The van der Waals surface area contributed by atoms with E-state index >= 15 is 0 Å². The summed E-state index contributed by atoms with van der Waals surface area (Å²) in [5, 5.41) is 11.5. The number of amides is 2. The van der Waals surface area contributed by atoms with Crippen LogP contribution in [0.15, 0.2) is 48.5 Å². The molecule has 0 aromatic heterocycles. The third-order valence-corrected chi connectivity index (χ3v) is 5.85. The second-order valence-corrected chi connectivity index (χ2v) is 7.85. The Labute approximate surface area is 188 Å². The fourth-order valence-corrected chi connectivity index (χ4v) is 4.19. The fraction of sp³-hybridized carbons (Fsp3) is 0.400. The van der Waals surface area contributed by atoms with Gasteiger partial charge in [-0.3, -0.25) is 9.59 Å². The highest BCUT2D eigenvalue weighted by molar-refractivity contribution is 5.86. The van der Waals surface area contributed by atoms with E-state index in [-0.39, 0.29) is 24.9 Å². The number of hydrogen-bond donors (Lipinski definition) is 2. The molecule has 2 aromatic carbocycles. The number of nitrogens with zero attached hydrogens (tertiary/aromatic N) is 1. The number of hydrogen-bond acceptors (Lipinski definition) is 4. The maximum atomic E-state index is 12.8. The van der Waals surface area contributed by atoms with Crippen molar-refractivity contribution in [1.82, 2.24) is 10.2 Å². The SMILES string of the molecule is CC[C@@H](NC(=O)OCC1c2ccccc2-c2ccccc21)C(=O)N(CC)CCCC(=O)O. The first kappa shape index (κ1) is 23.3. The second-order valence-electron chi connectivity index (χ2n) is 7.85. The van der Waals surface area contributed by atoms with Gasteiger partial charge in [-0.05, 0) is 42.0 Å². The highest BCUT2D eigenvalue weighted by atomic mass is 16.5. The van der Waals surface area contributed by atoms with Crippen LogP contribution in [0.3, 0.4) is 0 Å². The zero-order chi connectivity index (χ0) is 23.1. The predicted molar refractivity (Wildman–Crippen MR) is 121 cm³/mol. The average molecular weight is 439 g/mol. The molecule has 1 aliphatic carbocycles. The quantitative estimate of drug-likeness (QED) is 0.584. The number of carboxylic acids is 1. The van der Waals surface area contributed by atoms with Gasteiger partial charge in [0, 0.05) is 25.4 Å². The molecule has 0 fully saturated rings. The molecule has 1 aliphatic rings. The Hall–Kier alpha value is -3.35. The molecule has 3 rings (SSSR count). The number of ether oxygens (including phenoxy) is 1. The Morgan fingerprint density at radius 2 is 1.62 bits per heavy atom. The van der Waals surface area contributed by atoms with Crippen molar-refractivity contribution < 1.29 is 24.2 Å². The molecule has 0 bridgehead atoms. The monoisotopic (exact) mass is 438 g/mol. The van der Waals surface area contributed by atoms with Gasteiger partial charge in [-0.2, -0.15) is 0 Å². The van der Waals surface area contributed by atoms with Gasteiger partial charge in [-0.15, -0.1) is 0 Å². The van der Waals surface area contributed by atoms with Gasteiger partial charge in [-0.25, -0.2) is 4.79 Å². The predicted octanol–water partition coefficient (Wildman–Crippen LogP) is 4.02. The summed E-state index contributed by atoms with van der Waals surface area (Å²) in [5.74, 6) is -1.17. The Kier molecular flexibility index (Phi) is 7.87. The van der Waals surface area contributed by atoms with Crippen LogP contribution in [-0.4, -0.2) is 53.7 Å². The van der Waals surface area contributed by atoms with Gasteiger partial charge < -0.3 is 20.1 Å². The Morgan fingerprint density at radius 3 is 2.16 bits per heavy atom. The van der Waals surface area contributed by atoms with Gasteiger partial charge in [0.2, 0.25) is 5.91 Å². The standard InChI is InChI=1S/C25H30N2O5/c1-3-22(24(30)27(4-2)15-9-14-23(28)29)26-25(31)32-16-21-19-12-7-5-10-17(19)18-11-6-8-13-20(18)21/h5-8,10-13,21-22H,3-4,9,14-16H2,1-2H3,(H,26,31)(H,28,29)/t22-/m1/s1. The molecule has 0 unspecified atom stereocenters. The van der Waals surface area contributed by atoms with E-state index in [2.05, 4.69) is 29.6 Å². The number of rotatable bonds is 10. The van der Waals surface area contributed by atoms with Crippen molar-refractivity contribution in [2.24, 2.45) is 0 Å². The van der Waals surface area contributed by atoms with E-state index in [1.165, 1.54) is 0 Å². The molecule has 2 aromatic rings. The third kappa shape index (κ3) is 5.28. The number of alkyl carbamates (subject to hydrolysis) is 1. The molecule has 1 atom stereocenters. The zero-order valence-electron chi connectivity index (χ0n) is 18.5. The maximum Gasteiger partial charge on any atom is 0.407 e. The summed E-state index contributed by atoms with van der Waals surface area (Å²) < 4.78 is 5.55. The highest BCUT2D eigenvalue weighted by Crippen LogP contribution is 2.44. The summed E-state index contributed by atoms with van der Waals surface area (Å²) >= 11 is 0.